The topological polar surface area (TPSA) is 73.3 Å². The van der Waals surface area contributed by atoms with Crippen molar-refractivity contribution < 1.29 is 41.4 Å². The highest BCUT2D eigenvalue weighted by atomic mass is 19.4. The van der Waals surface area contributed by atoms with Crippen LogP contribution >= 0.6 is 0 Å². The number of hydrogen-bond acceptors (Lipinski definition) is 5. The molecule has 0 unspecified atom stereocenters. The minimum absolute atomic E-state index is 0.0888. The molecule has 1 amide bonds. The van der Waals surface area contributed by atoms with Gasteiger partial charge in [-0.25, -0.2) is 13.6 Å². The van der Waals surface area contributed by atoms with E-state index in [0.717, 1.165) is 36.9 Å². The second-order valence-electron chi connectivity index (χ2n) is 10.7. The Morgan fingerprint density at radius 1 is 1.07 bits per heavy atom. The molecule has 2 aromatic carbocycles. The third-order valence-electron chi connectivity index (χ3n) is 7.50. The Balaban J connectivity index is 0.000000470. The molecule has 1 aliphatic carbocycles. The first-order valence-electron chi connectivity index (χ1n) is 13.0. The summed E-state index contributed by atoms with van der Waals surface area (Å²) in [4.78, 5) is 27.1. The molecule has 3 aliphatic rings. The van der Waals surface area contributed by atoms with Crippen molar-refractivity contribution in [2.24, 2.45) is 0 Å². The molecular formula is C28H32F5N3O4. The number of benzene rings is 2. The summed E-state index contributed by atoms with van der Waals surface area (Å²) in [6, 6.07) is 10.9. The number of rotatable bonds is 5. The van der Waals surface area contributed by atoms with Crippen LogP contribution < -0.4 is 4.90 Å². The lowest BCUT2D eigenvalue weighted by Crippen LogP contribution is -2.59. The highest BCUT2D eigenvalue weighted by molar-refractivity contribution is 5.79. The average Bonchev–Trinajstić information content (AvgIpc) is 3.74. The van der Waals surface area contributed by atoms with E-state index in [2.05, 4.69) is 4.90 Å². The van der Waals surface area contributed by atoms with E-state index < -0.39 is 23.8 Å². The van der Waals surface area contributed by atoms with Crippen molar-refractivity contribution in [3.63, 3.8) is 0 Å². The number of aliphatic carboxylic acids is 1. The highest BCUT2D eigenvalue weighted by Gasteiger charge is 2.46. The molecule has 2 aliphatic heterocycles. The Bertz CT molecular complexity index is 1220. The maximum atomic E-state index is 15.0. The summed E-state index contributed by atoms with van der Waals surface area (Å²) in [5.41, 5.74) is 2.10. The van der Waals surface area contributed by atoms with Gasteiger partial charge in [-0.15, -0.1) is 0 Å². The van der Waals surface area contributed by atoms with E-state index in [4.69, 9.17) is 14.6 Å². The van der Waals surface area contributed by atoms with Crippen molar-refractivity contribution in [2.45, 2.75) is 50.0 Å². The Labute approximate surface area is 229 Å². The summed E-state index contributed by atoms with van der Waals surface area (Å²) in [6.45, 7) is 2.41. The van der Waals surface area contributed by atoms with Gasteiger partial charge < -0.3 is 19.6 Å². The van der Waals surface area contributed by atoms with E-state index in [1.165, 1.54) is 12.1 Å². The molecule has 40 heavy (non-hydrogen) atoms. The van der Waals surface area contributed by atoms with Crippen LogP contribution in [0.5, 0.6) is 0 Å². The molecule has 0 radical (unpaired) electrons. The summed E-state index contributed by atoms with van der Waals surface area (Å²) in [6.07, 6.45) is -1.38. The minimum atomic E-state index is -5.08. The van der Waals surface area contributed by atoms with Crippen LogP contribution in [0.4, 0.5) is 27.6 Å². The molecule has 7 nitrogen and oxygen atoms in total. The molecule has 1 spiro atoms. The van der Waals surface area contributed by atoms with Crippen molar-refractivity contribution in [1.82, 2.24) is 9.80 Å². The number of piperidine rings is 1. The van der Waals surface area contributed by atoms with Gasteiger partial charge in [0.25, 0.3) is 0 Å². The lowest BCUT2D eigenvalue weighted by molar-refractivity contribution is -0.192. The Hall–Kier alpha value is -3.25. The van der Waals surface area contributed by atoms with E-state index in [9.17, 15) is 18.0 Å². The number of amides is 1. The maximum absolute atomic E-state index is 15.0. The van der Waals surface area contributed by atoms with Crippen molar-refractivity contribution in [1.29, 1.82) is 0 Å². The van der Waals surface area contributed by atoms with Gasteiger partial charge in [0, 0.05) is 51.0 Å². The van der Waals surface area contributed by atoms with Crippen LogP contribution in [-0.4, -0.2) is 84.9 Å². The zero-order chi connectivity index (χ0) is 29.2. The lowest BCUT2D eigenvalue weighted by Gasteiger charge is -2.47. The summed E-state index contributed by atoms with van der Waals surface area (Å²) >= 11 is 0. The third kappa shape index (κ3) is 7.08. The van der Waals surface area contributed by atoms with Crippen LogP contribution in [0.25, 0.3) is 11.1 Å². The highest BCUT2D eigenvalue weighted by Crippen LogP contribution is 2.37. The fourth-order valence-corrected chi connectivity index (χ4v) is 4.99. The van der Waals surface area contributed by atoms with Crippen LogP contribution in [0.15, 0.2) is 36.4 Å². The first kappa shape index (κ1) is 29.7. The predicted molar refractivity (Wildman–Crippen MR) is 138 cm³/mol. The molecule has 2 saturated heterocycles. The number of carbonyl (C=O) groups is 2. The van der Waals surface area contributed by atoms with Crippen LogP contribution in [0.3, 0.4) is 0 Å². The number of halogens is 5. The molecule has 5 rings (SSSR count). The normalized spacial score (nSPS) is 19.3. The van der Waals surface area contributed by atoms with Crippen LogP contribution in [0.1, 0.15) is 31.2 Å². The number of carboxylic acids is 1. The van der Waals surface area contributed by atoms with Crippen molar-refractivity contribution in [3.05, 3.63) is 53.6 Å². The van der Waals surface area contributed by atoms with Gasteiger partial charge in [0.15, 0.2) is 0 Å². The first-order valence-corrected chi connectivity index (χ1v) is 13.0. The Morgan fingerprint density at radius 2 is 1.68 bits per heavy atom. The number of carboxylic acid groups (broad SMARTS) is 1. The Kier molecular flexibility index (Phi) is 8.69. The van der Waals surface area contributed by atoms with E-state index in [-0.39, 0.29) is 30.2 Å². The molecule has 218 valence electrons. The van der Waals surface area contributed by atoms with Gasteiger partial charge in [0.05, 0.1) is 12.1 Å². The third-order valence-corrected chi connectivity index (χ3v) is 7.50. The molecular weight excluding hydrogens is 537 g/mol. The molecule has 1 N–H and O–H groups in total. The summed E-state index contributed by atoms with van der Waals surface area (Å²) in [7, 11) is 3.87. The first-order chi connectivity index (χ1) is 18.8. The summed E-state index contributed by atoms with van der Waals surface area (Å²) < 4.78 is 67.7. The van der Waals surface area contributed by atoms with Gasteiger partial charge in [-0.2, -0.15) is 13.2 Å². The zero-order valence-electron chi connectivity index (χ0n) is 22.3. The number of carbonyl (C=O) groups excluding carboxylic acids is 1. The smallest absolute Gasteiger partial charge is 0.475 e. The number of ether oxygens (including phenoxy) is 1. The fourth-order valence-electron chi connectivity index (χ4n) is 4.99. The number of nitrogens with zero attached hydrogens (tertiary/aromatic N) is 3. The van der Waals surface area contributed by atoms with Gasteiger partial charge in [0.1, 0.15) is 18.2 Å². The van der Waals surface area contributed by atoms with E-state index >= 15 is 8.78 Å². The quantitative estimate of drug-likeness (QED) is 0.527. The summed E-state index contributed by atoms with van der Waals surface area (Å²) in [5, 5.41) is 7.12. The molecule has 3 fully saturated rings. The second kappa shape index (κ2) is 11.7. The van der Waals surface area contributed by atoms with Gasteiger partial charge in [-0.3, -0.25) is 9.69 Å². The number of anilines is 1. The van der Waals surface area contributed by atoms with Crippen LogP contribution in [0.2, 0.25) is 0 Å². The number of likely N-dealkylation sites (tertiary alicyclic amines) is 1. The van der Waals surface area contributed by atoms with E-state index in [1.54, 1.807) is 0 Å². The zero-order valence-corrected chi connectivity index (χ0v) is 22.3. The number of morpholine rings is 1. The van der Waals surface area contributed by atoms with Crippen molar-refractivity contribution in [3.8, 4) is 11.1 Å². The average molecular weight is 570 g/mol. The second-order valence-corrected chi connectivity index (χ2v) is 10.7. The van der Waals surface area contributed by atoms with Crippen LogP contribution in [-0.2, 0) is 20.9 Å². The largest absolute Gasteiger partial charge is 0.490 e. The van der Waals surface area contributed by atoms with E-state index in [1.807, 2.05) is 48.2 Å². The van der Waals surface area contributed by atoms with E-state index in [0.29, 0.717) is 31.2 Å². The minimum Gasteiger partial charge on any atom is -0.475 e. The molecule has 0 bridgehead atoms. The van der Waals surface area contributed by atoms with Crippen LogP contribution in [0, 0.1) is 11.6 Å². The molecule has 1 saturated carbocycles. The predicted octanol–water partition coefficient (Wildman–Crippen LogP) is 4.69. The number of hydrogen-bond donors (Lipinski definition) is 1. The monoisotopic (exact) mass is 569 g/mol. The van der Waals surface area contributed by atoms with Crippen molar-refractivity contribution >= 4 is 17.6 Å². The molecule has 2 aromatic rings. The lowest BCUT2D eigenvalue weighted by atomic mass is 9.89. The Morgan fingerprint density at radius 3 is 2.20 bits per heavy atom. The number of alkyl halides is 3. The standard InChI is InChI=1S/C26H31F2N3O2.C2HF3O2/c1-29(2)21-5-3-4-18(12-21)19-13-23(27)22(24(28)14-19)15-30-10-8-26(9-11-30)17-31(20-6-7-20)25(32)16-33-26;3-2(4,5)1(6)7/h3-5,12-14,20H,6-11,15-17H2,1-2H3;(H,6,7). The van der Waals surface area contributed by atoms with Gasteiger partial charge in [0.2, 0.25) is 5.91 Å². The molecule has 0 aromatic heterocycles. The maximum Gasteiger partial charge on any atom is 0.490 e. The SMILES string of the molecule is CN(C)c1cccc(-c2cc(F)c(CN3CCC4(CC3)CN(C3CC3)C(=O)CO4)c(F)c2)c1.O=C(O)C(F)(F)F. The molecule has 12 heteroatoms. The summed E-state index contributed by atoms with van der Waals surface area (Å²) in [5.74, 6) is -3.70. The fraction of sp³-hybridized carbons (Fsp3) is 0.500. The molecule has 0 atom stereocenters. The molecule has 2 heterocycles. The van der Waals surface area contributed by atoms with Crippen molar-refractivity contribution in [2.75, 3.05) is 45.2 Å². The van der Waals surface area contributed by atoms with Gasteiger partial charge in [-0.1, -0.05) is 12.1 Å². The van der Waals surface area contributed by atoms with Gasteiger partial charge >= 0.3 is 12.1 Å². The van der Waals surface area contributed by atoms with Gasteiger partial charge in [-0.05, 0) is 61.1 Å².